The summed E-state index contributed by atoms with van der Waals surface area (Å²) in [6, 6.07) is 0. The highest BCUT2D eigenvalue weighted by atomic mass is 16.5. The van der Waals surface area contributed by atoms with E-state index in [4.69, 9.17) is 9.26 Å². The molecule has 1 aromatic rings. The Labute approximate surface area is 118 Å². The zero-order valence-corrected chi connectivity index (χ0v) is 11.9. The number of hydrogen-bond acceptors (Lipinski definition) is 6. The summed E-state index contributed by atoms with van der Waals surface area (Å²) in [6.07, 6.45) is 4.26. The monoisotopic (exact) mass is 279 g/mol. The maximum absolute atomic E-state index is 11.8. The topological polar surface area (TPSA) is 68.5 Å². The van der Waals surface area contributed by atoms with Crippen molar-refractivity contribution in [1.29, 1.82) is 0 Å². The molecule has 6 heteroatoms. The van der Waals surface area contributed by atoms with Crippen molar-refractivity contribution in [2.24, 2.45) is 5.92 Å². The van der Waals surface area contributed by atoms with Crippen LogP contribution in [-0.4, -0.2) is 40.7 Å². The minimum absolute atomic E-state index is 0.0190. The normalized spacial score (nSPS) is 23.8. The molecule has 1 aromatic heterocycles. The lowest BCUT2D eigenvalue weighted by Crippen LogP contribution is -2.39. The first-order chi connectivity index (χ1) is 9.76. The minimum atomic E-state index is -0.0820. The van der Waals surface area contributed by atoms with Gasteiger partial charge in [0.1, 0.15) is 0 Å². The van der Waals surface area contributed by atoms with E-state index in [1.807, 2.05) is 6.92 Å². The number of carbonyl (C=O) groups excluding carboxylic acids is 1. The van der Waals surface area contributed by atoms with Crippen molar-refractivity contribution in [3.05, 3.63) is 11.7 Å². The first kappa shape index (κ1) is 13.5. The SMILES string of the molecule is CCOC(=O)C1CCCN(Cc2nc(C3CC3)no2)C1. The highest BCUT2D eigenvalue weighted by Gasteiger charge is 2.30. The molecule has 0 radical (unpaired) electrons. The van der Waals surface area contributed by atoms with E-state index in [1.165, 1.54) is 12.8 Å². The standard InChI is InChI=1S/C14H21N3O3/c1-2-19-14(18)11-4-3-7-17(8-11)9-12-15-13(16-20-12)10-5-6-10/h10-11H,2-9H2,1H3. The molecule has 1 saturated carbocycles. The first-order valence-corrected chi connectivity index (χ1v) is 7.47. The van der Waals surface area contributed by atoms with Crippen molar-refractivity contribution >= 4 is 5.97 Å². The van der Waals surface area contributed by atoms with E-state index in [9.17, 15) is 4.79 Å². The Morgan fingerprint density at radius 1 is 1.45 bits per heavy atom. The molecule has 20 heavy (non-hydrogen) atoms. The number of rotatable bonds is 5. The van der Waals surface area contributed by atoms with Gasteiger partial charge in [-0.1, -0.05) is 5.16 Å². The van der Waals surface area contributed by atoms with Gasteiger partial charge >= 0.3 is 5.97 Å². The lowest BCUT2D eigenvalue weighted by atomic mass is 9.98. The second-order valence-electron chi connectivity index (χ2n) is 5.65. The third-order valence-electron chi connectivity index (χ3n) is 3.91. The zero-order chi connectivity index (χ0) is 13.9. The van der Waals surface area contributed by atoms with Gasteiger partial charge in [0.25, 0.3) is 0 Å². The van der Waals surface area contributed by atoms with Crippen LogP contribution in [0.15, 0.2) is 4.52 Å². The molecule has 2 heterocycles. The summed E-state index contributed by atoms with van der Waals surface area (Å²) in [5.41, 5.74) is 0. The van der Waals surface area contributed by atoms with E-state index in [2.05, 4.69) is 15.0 Å². The number of aromatic nitrogens is 2. The Hall–Kier alpha value is -1.43. The second-order valence-corrected chi connectivity index (χ2v) is 5.65. The van der Waals surface area contributed by atoms with Gasteiger partial charge in [-0.05, 0) is 39.2 Å². The summed E-state index contributed by atoms with van der Waals surface area (Å²) in [6.45, 7) is 4.62. The van der Waals surface area contributed by atoms with Gasteiger partial charge in [-0.25, -0.2) is 0 Å². The van der Waals surface area contributed by atoms with Crippen LogP contribution in [0.1, 0.15) is 50.2 Å². The van der Waals surface area contributed by atoms with Gasteiger partial charge in [-0.15, -0.1) is 0 Å². The number of likely N-dealkylation sites (tertiary alicyclic amines) is 1. The molecule has 0 amide bonds. The van der Waals surface area contributed by atoms with Crippen molar-refractivity contribution in [2.45, 2.75) is 45.1 Å². The molecular formula is C14H21N3O3. The van der Waals surface area contributed by atoms with Crippen molar-refractivity contribution in [2.75, 3.05) is 19.7 Å². The van der Waals surface area contributed by atoms with Crippen molar-refractivity contribution in [3.8, 4) is 0 Å². The average molecular weight is 279 g/mol. The van der Waals surface area contributed by atoms with Crippen LogP contribution in [0.3, 0.4) is 0 Å². The quantitative estimate of drug-likeness (QED) is 0.764. The van der Waals surface area contributed by atoms with Gasteiger partial charge in [0, 0.05) is 12.5 Å². The van der Waals surface area contributed by atoms with E-state index < -0.39 is 0 Å². The summed E-state index contributed by atoms with van der Waals surface area (Å²) in [7, 11) is 0. The van der Waals surface area contributed by atoms with Crippen LogP contribution in [0.5, 0.6) is 0 Å². The van der Waals surface area contributed by atoms with E-state index >= 15 is 0 Å². The first-order valence-electron chi connectivity index (χ1n) is 7.47. The lowest BCUT2D eigenvalue weighted by Gasteiger charge is -2.30. The number of ether oxygens (including phenoxy) is 1. The molecule has 3 rings (SSSR count). The maximum atomic E-state index is 11.8. The van der Waals surface area contributed by atoms with Gasteiger partial charge in [0.2, 0.25) is 5.89 Å². The summed E-state index contributed by atoms with van der Waals surface area (Å²) < 4.78 is 10.4. The minimum Gasteiger partial charge on any atom is -0.466 e. The molecule has 1 aliphatic heterocycles. The molecule has 0 aromatic carbocycles. The molecule has 1 saturated heterocycles. The van der Waals surface area contributed by atoms with Gasteiger partial charge in [0.05, 0.1) is 19.1 Å². The van der Waals surface area contributed by atoms with E-state index in [-0.39, 0.29) is 11.9 Å². The smallest absolute Gasteiger partial charge is 0.310 e. The van der Waals surface area contributed by atoms with E-state index in [0.717, 1.165) is 31.8 Å². The fourth-order valence-electron chi connectivity index (χ4n) is 2.68. The Kier molecular flexibility index (Phi) is 4.00. The van der Waals surface area contributed by atoms with Crippen LogP contribution < -0.4 is 0 Å². The summed E-state index contributed by atoms with van der Waals surface area (Å²) in [5, 5.41) is 4.02. The Morgan fingerprint density at radius 3 is 3.05 bits per heavy atom. The van der Waals surface area contributed by atoms with Crippen LogP contribution in [0.2, 0.25) is 0 Å². The van der Waals surface area contributed by atoms with Crippen molar-refractivity contribution < 1.29 is 14.1 Å². The average Bonchev–Trinajstić information content (AvgIpc) is 3.20. The number of hydrogen-bond donors (Lipinski definition) is 0. The van der Waals surface area contributed by atoms with Gasteiger partial charge < -0.3 is 9.26 Å². The molecular weight excluding hydrogens is 258 g/mol. The predicted molar refractivity (Wildman–Crippen MR) is 70.9 cm³/mol. The molecule has 110 valence electrons. The highest BCUT2D eigenvalue weighted by molar-refractivity contribution is 5.72. The summed E-state index contributed by atoms with van der Waals surface area (Å²) in [5.74, 6) is 1.92. The molecule has 0 N–H and O–H groups in total. The Morgan fingerprint density at radius 2 is 2.30 bits per heavy atom. The number of piperidine rings is 1. The van der Waals surface area contributed by atoms with E-state index in [1.54, 1.807) is 0 Å². The molecule has 2 aliphatic rings. The van der Waals surface area contributed by atoms with Crippen LogP contribution in [-0.2, 0) is 16.1 Å². The third kappa shape index (κ3) is 3.17. The maximum Gasteiger partial charge on any atom is 0.310 e. The molecule has 6 nitrogen and oxygen atoms in total. The number of carbonyl (C=O) groups is 1. The molecule has 1 atom stereocenters. The highest BCUT2D eigenvalue weighted by Crippen LogP contribution is 2.38. The van der Waals surface area contributed by atoms with Crippen LogP contribution in [0.25, 0.3) is 0 Å². The zero-order valence-electron chi connectivity index (χ0n) is 11.9. The molecule has 1 aliphatic carbocycles. The number of nitrogens with zero attached hydrogens (tertiary/aromatic N) is 3. The van der Waals surface area contributed by atoms with Crippen LogP contribution in [0, 0.1) is 5.92 Å². The second kappa shape index (κ2) is 5.91. The molecule has 2 fully saturated rings. The molecule has 0 spiro atoms. The van der Waals surface area contributed by atoms with Gasteiger partial charge in [-0.2, -0.15) is 4.98 Å². The summed E-state index contributed by atoms with van der Waals surface area (Å²) in [4.78, 5) is 18.4. The third-order valence-corrected chi connectivity index (χ3v) is 3.91. The fraction of sp³-hybridized carbons (Fsp3) is 0.786. The van der Waals surface area contributed by atoms with Crippen molar-refractivity contribution in [1.82, 2.24) is 15.0 Å². The van der Waals surface area contributed by atoms with E-state index in [0.29, 0.717) is 25.0 Å². The fourth-order valence-corrected chi connectivity index (χ4v) is 2.68. The van der Waals surface area contributed by atoms with Crippen molar-refractivity contribution in [3.63, 3.8) is 0 Å². The number of esters is 1. The van der Waals surface area contributed by atoms with Crippen LogP contribution >= 0.6 is 0 Å². The summed E-state index contributed by atoms with van der Waals surface area (Å²) >= 11 is 0. The van der Waals surface area contributed by atoms with Crippen LogP contribution in [0.4, 0.5) is 0 Å². The van der Waals surface area contributed by atoms with Gasteiger partial charge in [-0.3, -0.25) is 9.69 Å². The lowest BCUT2D eigenvalue weighted by molar-refractivity contribution is -0.150. The molecule has 0 bridgehead atoms. The molecule has 1 unspecified atom stereocenters. The Bertz CT molecular complexity index is 470. The largest absolute Gasteiger partial charge is 0.466 e. The van der Waals surface area contributed by atoms with Gasteiger partial charge in [0.15, 0.2) is 5.82 Å². The predicted octanol–water partition coefficient (Wildman–Crippen LogP) is 1.72. The Balaban J connectivity index is 1.54.